The monoisotopic (exact) mass is 269 g/mol. The summed E-state index contributed by atoms with van der Waals surface area (Å²) in [4.78, 5) is 0. The van der Waals surface area contributed by atoms with Crippen LogP contribution in [0.5, 0.6) is 11.5 Å². The highest BCUT2D eigenvalue weighted by atomic mass is 16.6. The molecule has 1 atom stereocenters. The predicted octanol–water partition coefficient (Wildman–Crippen LogP) is 3.08. The molecule has 0 aliphatic carbocycles. The summed E-state index contributed by atoms with van der Waals surface area (Å²) in [5.74, 6) is 1.70. The summed E-state index contributed by atoms with van der Waals surface area (Å²) in [6, 6.07) is 14.7. The Kier molecular flexibility index (Phi) is 3.61. The van der Waals surface area contributed by atoms with Crippen LogP contribution in [0.25, 0.3) is 0 Å². The molecule has 2 aromatic carbocycles. The van der Waals surface area contributed by atoms with E-state index in [0.717, 1.165) is 17.1 Å². The van der Waals surface area contributed by atoms with Gasteiger partial charge in [0.25, 0.3) is 0 Å². The fourth-order valence-corrected chi connectivity index (χ4v) is 2.68. The van der Waals surface area contributed by atoms with Crippen LogP contribution in [0.4, 0.5) is 0 Å². The first-order chi connectivity index (χ1) is 9.79. The zero-order chi connectivity index (χ0) is 13.9. The van der Waals surface area contributed by atoms with Gasteiger partial charge in [0.05, 0.1) is 6.04 Å². The molecule has 2 aromatic rings. The van der Waals surface area contributed by atoms with E-state index >= 15 is 0 Å². The van der Waals surface area contributed by atoms with Crippen LogP contribution in [-0.2, 0) is 0 Å². The van der Waals surface area contributed by atoms with Crippen LogP contribution < -0.4 is 14.8 Å². The quantitative estimate of drug-likeness (QED) is 0.929. The van der Waals surface area contributed by atoms with Gasteiger partial charge in [-0.25, -0.2) is 0 Å². The first-order valence-corrected chi connectivity index (χ1v) is 6.92. The Balaban J connectivity index is 2.06. The lowest BCUT2D eigenvalue weighted by atomic mass is 9.96. The van der Waals surface area contributed by atoms with E-state index in [1.807, 2.05) is 19.2 Å². The second-order valence-electron chi connectivity index (χ2n) is 5.01. The Morgan fingerprint density at radius 1 is 1.05 bits per heavy atom. The minimum absolute atomic E-state index is 0.103. The fraction of sp³-hybridized carbons (Fsp3) is 0.294. The van der Waals surface area contributed by atoms with Gasteiger partial charge in [-0.15, -0.1) is 0 Å². The van der Waals surface area contributed by atoms with Crippen molar-refractivity contribution in [2.24, 2.45) is 0 Å². The van der Waals surface area contributed by atoms with E-state index in [2.05, 4.69) is 42.6 Å². The number of hydrogen-bond acceptors (Lipinski definition) is 3. The third-order valence-electron chi connectivity index (χ3n) is 3.57. The molecule has 104 valence electrons. The van der Waals surface area contributed by atoms with Gasteiger partial charge in [0.1, 0.15) is 13.2 Å². The predicted molar refractivity (Wildman–Crippen MR) is 79.5 cm³/mol. The molecule has 3 rings (SSSR count). The highest BCUT2D eigenvalue weighted by Crippen LogP contribution is 2.38. The van der Waals surface area contributed by atoms with Gasteiger partial charge >= 0.3 is 0 Å². The number of hydrogen-bond donors (Lipinski definition) is 1. The molecule has 1 heterocycles. The van der Waals surface area contributed by atoms with E-state index in [9.17, 15) is 0 Å². The number of nitrogens with one attached hydrogen (secondary N) is 1. The van der Waals surface area contributed by atoms with Crippen molar-refractivity contribution in [1.82, 2.24) is 5.32 Å². The largest absolute Gasteiger partial charge is 0.486 e. The number of para-hydroxylation sites is 1. The molecular weight excluding hydrogens is 250 g/mol. The number of aryl methyl sites for hydroxylation is 1. The Morgan fingerprint density at radius 2 is 1.85 bits per heavy atom. The first-order valence-electron chi connectivity index (χ1n) is 6.92. The SMILES string of the molecule is CNC(c1cccc(C)c1)c1cccc2c1OCCO2. The molecule has 0 spiro atoms. The van der Waals surface area contributed by atoms with E-state index in [1.54, 1.807) is 0 Å². The number of ether oxygens (including phenoxy) is 2. The van der Waals surface area contributed by atoms with Crippen LogP contribution in [0.2, 0.25) is 0 Å². The number of benzene rings is 2. The Morgan fingerprint density at radius 3 is 2.65 bits per heavy atom. The lowest BCUT2D eigenvalue weighted by Gasteiger charge is -2.25. The van der Waals surface area contributed by atoms with Gasteiger partial charge in [-0.2, -0.15) is 0 Å². The Hall–Kier alpha value is -2.00. The third kappa shape index (κ3) is 2.37. The molecule has 20 heavy (non-hydrogen) atoms. The Bertz CT molecular complexity index is 610. The number of rotatable bonds is 3. The molecule has 1 aliphatic rings. The smallest absolute Gasteiger partial charge is 0.166 e. The van der Waals surface area contributed by atoms with Crippen LogP contribution in [0.15, 0.2) is 42.5 Å². The second-order valence-corrected chi connectivity index (χ2v) is 5.01. The van der Waals surface area contributed by atoms with Crippen LogP contribution >= 0.6 is 0 Å². The molecule has 1 N–H and O–H groups in total. The molecule has 0 bridgehead atoms. The molecule has 0 fully saturated rings. The molecule has 0 saturated carbocycles. The van der Waals surface area contributed by atoms with Crippen molar-refractivity contribution in [2.75, 3.05) is 20.3 Å². The molecule has 0 saturated heterocycles. The van der Waals surface area contributed by atoms with Gasteiger partial charge < -0.3 is 14.8 Å². The molecule has 1 aliphatic heterocycles. The average molecular weight is 269 g/mol. The van der Waals surface area contributed by atoms with Crippen LogP contribution in [-0.4, -0.2) is 20.3 Å². The zero-order valence-electron chi connectivity index (χ0n) is 11.8. The molecule has 1 unspecified atom stereocenters. The van der Waals surface area contributed by atoms with E-state index in [4.69, 9.17) is 9.47 Å². The molecule has 0 amide bonds. The first kappa shape index (κ1) is 13.0. The third-order valence-corrected chi connectivity index (χ3v) is 3.57. The van der Waals surface area contributed by atoms with E-state index in [0.29, 0.717) is 13.2 Å². The maximum atomic E-state index is 5.82. The van der Waals surface area contributed by atoms with Crippen molar-refractivity contribution in [2.45, 2.75) is 13.0 Å². The minimum atomic E-state index is 0.103. The van der Waals surface area contributed by atoms with E-state index in [-0.39, 0.29) is 6.04 Å². The van der Waals surface area contributed by atoms with Crippen LogP contribution in [0, 0.1) is 6.92 Å². The fourth-order valence-electron chi connectivity index (χ4n) is 2.68. The highest BCUT2D eigenvalue weighted by molar-refractivity contribution is 5.51. The van der Waals surface area contributed by atoms with Crippen molar-refractivity contribution in [1.29, 1.82) is 0 Å². The van der Waals surface area contributed by atoms with Gasteiger partial charge in [0.2, 0.25) is 0 Å². The lowest BCUT2D eigenvalue weighted by Crippen LogP contribution is -2.22. The summed E-state index contributed by atoms with van der Waals surface area (Å²) in [7, 11) is 1.97. The minimum Gasteiger partial charge on any atom is -0.486 e. The second kappa shape index (κ2) is 5.55. The van der Waals surface area contributed by atoms with Crippen molar-refractivity contribution in [3.05, 3.63) is 59.2 Å². The molecule has 3 nitrogen and oxygen atoms in total. The van der Waals surface area contributed by atoms with Crippen molar-refractivity contribution < 1.29 is 9.47 Å². The van der Waals surface area contributed by atoms with Crippen molar-refractivity contribution >= 4 is 0 Å². The maximum absolute atomic E-state index is 5.82. The summed E-state index contributed by atoms with van der Waals surface area (Å²) in [6.45, 7) is 3.33. The highest BCUT2D eigenvalue weighted by Gasteiger charge is 2.22. The number of fused-ring (bicyclic) bond motifs is 1. The topological polar surface area (TPSA) is 30.5 Å². The average Bonchev–Trinajstić information content (AvgIpc) is 2.48. The van der Waals surface area contributed by atoms with Gasteiger partial charge in [0, 0.05) is 5.56 Å². The Labute approximate surface area is 119 Å². The lowest BCUT2D eigenvalue weighted by molar-refractivity contribution is 0.169. The molecule has 0 aromatic heterocycles. The van der Waals surface area contributed by atoms with Gasteiger partial charge in [0.15, 0.2) is 11.5 Å². The van der Waals surface area contributed by atoms with Gasteiger partial charge in [-0.3, -0.25) is 0 Å². The summed E-state index contributed by atoms with van der Waals surface area (Å²) in [5, 5.41) is 3.38. The van der Waals surface area contributed by atoms with Crippen LogP contribution in [0.3, 0.4) is 0 Å². The molecular formula is C17H19NO2. The standard InChI is InChI=1S/C17H19NO2/c1-12-5-3-6-13(11-12)16(18-2)14-7-4-8-15-17(14)20-10-9-19-15/h3-8,11,16,18H,9-10H2,1-2H3. The summed E-state index contributed by atoms with van der Waals surface area (Å²) in [5.41, 5.74) is 3.61. The van der Waals surface area contributed by atoms with Crippen molar-refractivity contribution in [3.8, 4) is 11.5 Å². The van der Waals surface area contributed by atoms with Gasteiger partial charge in [-0.05, 0) is 25.6 Å². The van der Waals surface area contributed by atoms with Crippen molar-refractivity contribution in [3.63, 3.8) is 0 Å². The normalized spacial score (nSPS) is 14.9. The summed E-state index contributed by atoms with van der Waals surface area (Å²) in [6.07, 6.45) is 0. The maximum Gasteiger partial charge on any atom is 0.166 e. The summed E-state index contributed by atoms with van der Waals surface area (Å²) < 4.78 is 11.5. The van der Waals surface area contributed by atoms with Gasteiger partial charge in [-0.1, -0.05) is 42.0 Å². The van der Waals surface area contributed by atoms with E-state index in [1.165, 1.54) is 11.1 Å². The summed E-state index contributed by atoms with van der Waals surface area (Å²) >= 11 is 0. The molecule has 3 heteroatoms. The van der Waals surface area contributed by atoms with E-state index < -0.39 is 0 Å². The van der Waals surface area contributed by atoms with Crippen LogP contribution in [0.1, 0.15) is 22.7 Å². The zero-order valence-corrected chi connectivity index (χ0v) is 11.8. The molecule has 0 radical (unpaired) electrons.